The second kappa shape index (κ2) is 4.42. The predicted octanol–water partition coefficient (Wildman–Crippen LogP) is 3.90. The zero-order chi connectivity index (χ0) is 14.5. The average Bonchev–Trinajstić information content (AvgIpc) is 2.84. The normalized spacial score (nSPS) is 13.8. The van der Waals surface area contributed by atoms with E-state index in [1.54, 1.807) is 11.3 Å². The predicted molar refractivity (Wildman–Crippen MR) is 80.6 cm³/mol. The van der Waals surface area contributed by atoms with Gasteiger partial charge in [0.05, 0.1) is 17.0 Å². The number of thiophene rings is 1. The van der Waals surface area contributed by atoms with Crippen molar-refractivity contribution in [3.63, 3.8) is 0 Å². The summed E-state index contributed by atoms with van der Waals surface area (Å²) in [5, 5.41) is 11.5. The minimum atomic E-state index is -0.888. The molecule has 0 saturated heterocycles. The first-order valence-corrected chi connectivity index (χ1v) is 7.60. The number of fused-ring (bicyclic) bond motifs is 3. The molecule has 0 radical (unpaired) electrons. The third-order valence-electron chi connectivity index (χ3n) is 3.66. The van der Waals surface area contributed by atoms with E-state index in [0.717, 1.165) is 24.1 Å². The van der Waals surface area contributed by atoms with E-state index in [2.05, 4.69) is 11.4 Å². The summed E-state index contributed by atoms with van der Waals surface area (Å²) in [5.74, 6) is -0.888. The number of rotatable bonds is 1. The molecule has 0 fully saturated rings. The van der Waals surface area contributed by atoms with E-state index in [0.29, 0.717) is 11.3 Å². The Balaban J connectivity index is 2.28. The maximum Gasteiger partial charge on any atom is 0.337 e. The number of hydrogen-bond donors (Lipinski definition) is 1. The number of carboxylic acids is 1. The number of carboxylic acid groups (broad SMARTS) is 1. The third-order valence-corrected chi connectivity index (χ3v) is 4.64. The van der Waals surface area contributed by atoms with Crippen LogP contribution in [0.1, 0.15) is 47.3 Å². The third kappa shape index (κ3) is 2.04. The minimum Gasteiger partial charge on any atom is -0.478 e. The number of hydrogen-bond acceptors (Lipinski definition) is 3. The Kier molecular flexibility index (Phi) is 2.94. The summed E-state index contributed by atoms with van der Waals surface area (Å²) in [6, 6.07) is 3.92. The summed E-state index contributed by atoms with van der Waals surface area (Å²) in [5.41, 5.74) is 3.94. The number of aromatic nitrogens is 1. The highest BCUT2D eigenvalue weighted by Gasteiger charge is 2.28. The van der Waals surface area contributed by atoms with Crippen LogP contribution in [0.25, 0.3) is 11.3 Å². The van der Waals surface area contributed by atoms with Crippen molar-refractivity contribution in [1.82, 2.24) is 4.98 Å². The summed E-state index contributed by atoms with van der Waals surface area (Å²) in [4.78, 5) is 17.6. The number of carbonyl (C=O) groups is 1. The van der Waals surface area contributed by atoms with Crippen LogP contribution in [0.15, 0.2) is 17.5 Å². The van der Waals surface area contributed by atoms with Crippen molar-refractivity contribution in [1.29, 1.82) is 0 Å². The zero-order valence-electron chi connectivity index (χ0n) is 11.9. The summed E-state index contributed by atoms with van der Waals surface area (Å²) in [6.07, 6.45) is 1.86. The molecule has 0 saturated carbocycles. The van der Waals surface area contributed by atoms with Gasteiger partial charge in [-0.15, -0.1) is 11.3 Å². The molecule has 0 unspecified atom stereocenters. The molecule has 0 amide bonds. The lowest BCUT2D eigenvalue weighted by Gasteiger charge is -2.24. The summed E-state index contributed by atoms with van der Waals surface area (Å²) in [6.45, 7) is 6.02. The van der Waals surface area contributed by atoms with Gasteiger partial charge in [0.25, 0.3) is 0 Å². The molecule has 0 aromatic carbocycles. The first-order chi connectivity index (χ1) is 9.38. The van der Waals surface area contributed by atoms with Crippen LogP contribution in [0.5, 0.6) is 0 Å². The largest absolute Gasteiger partial charge is 0.478 e. The lowest BCUT2D eigenvalue weighted by molar-refractivity contribution is 0.0693. The van der Waals surface area contributed by atoms with Gasteiger partial charge in [0, 0.05) is 15.9 Å². The Morgan fingerprint density at radius 1 is 1.35 bits per heavy atom. The van der Waals surface area contributed by atoms with E-state index in [9.17, 15) is 9.90 Å². The topological polar surface area (TPSA) is 50.2 Å². The van der Waals surface area contributed by atoms with E-state index < -0.39 is 5.97 Å². The molecule has 2 aromatic rings. The number of pyridine rings is 1. The van der Waals surface area contributed by atoms with Gasteiger partial charge >= 0.3 is 5.97 Å². The quantitative estimate of drug-likeness (QED) is 0.865. The standard InChI is InChI=1S/C16H17NO2S/c1-16(2,3)14-11(15(18)19)8-9-4-5-12-10(6-7-20-12)13(9)17-14/h6-8H,4-5H2,1-3H3,(H,18,19). The number of nitrogens with zero attached hydrogens (tertiary/aromatic N) is 1. The van der Waals surface area contributed by atoms with E-state index in [1.165, 1.54) is 10.4 Å². The van der Waals surface area contributed by atoms with Gasteiger partial charge in [-0.05, 0) is 35.9 Å². The Morgan fingerprint density at radius 2 is 2.10 bits per heavy atom. The van der Waals surface area contributed by atoms with Gasteiger partial charge in [0.2, 0.25) is 0 Å². The van der Waals surface area contributed by atoms with Crippen LogP contribution in [-0.4, -0.2) is 16.1 Å². The Bertz CT molecular complexity index is 695. The van der Waals surface area contributed by atoms with E-state index in [1.807, 2.05) is 26.8 Å². The number of aryl methyl sites for hydroxylation is 2. The van der Waals surface area contributed by atoms with E-state index in [-0.39, 0.29) is 5.41 Å². The first-order valence-electron chi connectivity index (χ1n) is 6.72. The van der Waals surface area contributed by atoms with E-state index in [4.69, 9.17) is 4.98 Å². The SMILES string of the molecule is CC(C)(C)c1nc2c(cc1C(=O)O)CCc1sccc1-2. The van der Waals surface area contributed by atoms with Crippen LogP contribution in [0.2, 0.25) is 0 Å². The van der Waals surface area contributed by atoms with Crippen LogP contribution in [0.4, 0.5) is 0 Å². The second-order valence-corrected chi connectivity index (χ2v) is 7.21. The molecule has 3 rings (SSSR count). The second-order valence-electron chi connectivity index (χ2n) is 6.20. The molecule has 0 atom stereocenters. The molecule has 0 bridgehead atoms. The molecule has 4 heteroatoms. The van der Waals surface area contributed by atoms with E-state index >= 15 is 0 Å². The molecule has 104 valence electrons. The van der Waals surface area contributed by atoms with Gasteiger partial charge in [-0.3, -0.25) is 4.98 Å². The van der Waals surface area contributed by atoms with Gasteiger partial charge in [0.1, 0.15) is 0 Å². The summed E-state index contributed by atoms with van der Waals surface area (Å²) >= 11 is 1.76. The molecule has 2 heterocycles. The van der Waals surface area contributed by atoms with Crippen molar-refractivity contribution in [3.8, 4) is 11.3 Å². The average molecular weight is 287 g/mol. The molecule has 3 nitrogen and oxygen atoms in total. The highest BCUT2D eigenvalue weighted by atomic mass is 32.1. The molecule has 1 N–H and O–H groups in total. The van der Waals surface area contributed by atoms with Crippen LogP contribution < -0.4 is 0 Å². The zero-order valence-corrected chi connectivity index (χ0v) is 12.7. The van der Waals surface area contributed by atoms with Gasteiger partial charge in [-0.1, -0.05) is 20.8 Å². The fraction of sp³-hybridized carbons (Fsp3) is 0.375. The molecule has 0 aliphatic heterocycles. The molecular weight excluding hydrogens is 270 g/mol. The Labute approximate surface area is 122 Å². The Hall–Kier alpha value is -1.68. The fourth-order valence-electron chi connectivity index (χ4n) is 2.71. The first kappa shape index (κ1) is 13.3. The van der Waals surface area contributed by atoms with Crippen molar-refractivity contribution >= 4 is 17.3 Å². The smallest absolute Gasteiger partial charge is 0.337 e. The summed E-state index contributed by atoms with van der Waals surface area (Å²) < 4.78 is 0. The van der Waals surface area contributed by atoms with Gasteiger partial charge in [-0.25, -0.2) is 4.79 Å². The molecule has 1 aliphatic rings. The van der Waals surface area contributed by atoms with Gasteiger partial charge in [-0.2, -0.15) is 0 Å². The van der Waals surface area contributed by atoms with Gasteiger partial charge in [0.15, 0.2) is 0 Å². The Morgan fingerprint density at radius 3 is 2.75 bits per heavy atom. The highest BCUT2D eigenvalue weighted by molar-refractivity contribution is 7.10. The van der Waals surface area contributed by atoms with Crippen molar-refractivity contribution in [2.75, 3.05) is 0 Å². The van der Waals surface area contributed by atoms with Crippen molar-refractivity contribution in [3.05, 3.63) is 39.2 Å². The monoisotopic (exact) mass is 287 g/mol. The maximum atomic E-state index is 11.5. The molecule has 2 aromatic heterocycles. The van der Waals surface area contributed by atoms with Crippen LogP contribution in [0.3, 0.4) is 0 Å². The van der Waals surface area contributed by atoms with Crippen molar-refractivity contribution < 1.29 is 9.90 Å². The maximum absolute atomic E-state index is 11.5. The lowest BCUT2D eigenvalue weighted by Crippen LogP contribution is -2.21. The van der Waals surface area contributed by atoms with Crippen LogP contribution in [-0.2, 0) is 18.3 Å². The minimum absolute atomic E-state index is 0.281. The number of aromatic carboxylic acids is 1. The molecule has 1 aliphatic carbocycles. The van der Waals surface area contributed by atoms with Crippen molar-refractivity contribution in [2.45, 2.75) is 39.0 Å². The highest BCUT2D eigenvalue weighted by Crippen LogP contribution is 2.38. The fourth-order valence-corrected chi connectivity index (χ4v) is 3.59. The van der Waals surface area contributed by atoms with Crippen molar-refractivity contribution in [2.24, 2.45) is 0 Å². The van der Waals surface area contributed by atoms with Crippen LogP contribution in [0, 0.1) is 0 Å². The van der Waals surface area contributed by atoms with Gasteiger partial charge < -0.3 is 5.11 Å². The summed E-state index contributed by atoms with van der Waals surface area (Å²) in [7, 11) is 0. The van der Waals surface area contributed by atoms with Crippen LogP contribution >= 0.6 is 11.3 Å². The lowest BCUT2D eigenvalue weighted by atomic mass is 9.85. The molecule has 20 heavy (non-hydrogen) atoms. The molecule has 0 spiro atoms. The molecular formula is C16H17NO2S.